The Hall–Kier alpha value is -1.26. The van der Waals surface area contributed by atoms with Gasteiger partial charge in [-0.2, -0.15) is 0 Å². The van der Waals surface area contributed by atoms with E-state index < -0.39 is 0 Å². The van der Waals surface area contributed by atoms with E-state index >= 15 is 0 Å². The molecule has 0 unspecified atom stereocenters. The van der Waals surface area contributed by atoms with Gasteiger partial charge in [0.05, 0.1) is 12.7 Å². The molecule has 0 fully saturated rings. The van der Waals surface area contributed by atoms with Crippen molar-refractivity contribution in [2.24, 2.45) is 5.73 Å². The minimum absolute atomic E-state index is 0.0107. The zero-order valence-electron chi connectivity index (χ0n) is 9.03. The predicted molar refractivity (Wildman–Crippen MR) is 57.7 cm³/mol. The first-order valence-corrected chi connectivity index (χ1v) is 4.90. The Morgan fingerprint density at radius 3 is 2.53 bits per heavy atom. The summed E-state index contributed by atoms with van der Waals surface area (Å²) in [6.45, 7) is 3.86. The molecule has 1 aromatic rings. The van der Waals surface area contributed by atoms with Crippen molar-refractivity contribution < 1.29 is 14.9 Å². The van der Waals surface area contributed by atoms with E-state index in [4.69, 9.17) is 15.6 Å². The maximum Gasteiger partial charge on any atom is 0.163 e. The Morgan fingerprint density at radius 2 is 2.07 bits per heavy atom. The van der Waals surface area contributed by atoms with Crippen molar-refractivity contribution in [3.05, 3.63) is 23.3 Å². The standard InChI is InChI=1S/C11H17NO3/c1-7(2)15-10-4-8(5-12)3-9(6-13)11(10)14/h3-4,7,13-14H,5-6,12H2,1-2H3. The van der Waals surface area contributed by atoms with Crippen LogP contribution in [0, 0.1) is 0 Å². The number of hydrogen-bond acceptors (Lipinski definition) is 4. The van der Waals surface area contributed by atoms with Crippen molar-refractivity contribution in [3.63, 3.8) is 0 Å². The van der Waals surface area contributed by atoms with Crippen LogP contribution in [-0.2, 0) is 13.2 Å². The highest BCUT2D eigenvalue weighted by molar-refractivity contribution is 5.48. The van der Waals surface area contributed by atoms with E-state index in [1.807, 2.05) is 13.8 Å². The van der Waals surface area contributed by atoms with Crippen molar-refractivity contribution in [2.45, 2.75) is 33.1 Å². The van der Waals surface area contributed by atoms with E-state index in [0.717, 1.165) is 5.56 Å². The average molecular weight is 211 g/mol. The molecule has 0 amide bonds. The highest BCUT2D eigenvalue weighted by atomic mass is 16.5. The zero-order chi connectivity index (χ0) is 11.4. The van der Waals surface area contributed by atoms with Gasteiger partial charge in [0, 0.05) is 12.1 Å². The normalized spacial score (nSPS) is 10.7. The van der Waals surface area contributed by atoms with E-state index in [9.17, 15) is 5.11 Å². The van der Waals surface area contributed by atoms with Crippen molar-refractivity contribution in [3.8, 4) is 11.5 Å². The van der Waals surface area contributed by atoms with Crippen LogP contribution >= 0.6 is 0 Å². The average Bonchev–Trinajstić information content (AvgIpc) is 2.20. The summed E-state index contributed by atoms with van der Waals surface area (Å²) in [5.74, 6) is 0.361. The van der Waals surface area contributed by atoms with Crippen molar-refractivity contribution in [1.29, 1.82) is 0 Å². The van der Waals surface area contributed by atoms with Crippen LogP contribution in [0.25, 0.3) is 0 Å². The monoisotopic (exact) mass is 211 g/mol. The van der Waals surface area contributed by atoms with Gasteiger partial charge in [-0.15, -0.1) is 0 Å². The number of hydrogen-bond donors (Lipinski definition) is 3. The quantitative estimate of drug-likeness (QED) is 0.697. The lowest BCUT2D eigenvalue weighted by molar-refractivity contribution is 0.226. The molecule has 0 bridgehead atoms. The summed E-state index contributed by atoms with van der Waals surface area (Å²) in [4.78, 5) is 0. The van der Waals surface area contributed by atoms with Gasteiger partial charge in [0.15, 0.2) is 11.5 Å². The Balaban J connectivity index is 3.12. The third-order valence-electron chi connectivity index (χ3n) is 1.98. The second-order valence-corrected chi connectivity index (χ2v) is 3.63. The van der Waals surface area contributed by atoms with Gasteiger partial charge in [0.2, 0.25) is 0 Å². The highest BCUT2D eigenvalue weighted by Gasteiger charge is 2.11. The summed E-state index contributed by atoms with van der Waals surface area (Å²) in [6.07, 6.45) is -0.0320. The minimum atomic E-state index is -0.228. The maximum absolute atomic E-state index is 9.73. The Labute approximate surface area is 89.3 Å². The first kappa shape index (κ1) is 11.8. The summed E-state index contributed by atoms with van der Waals surface area (Å²) in [6, 6.07) is 3.36. The smallest absolute Gasteiger partial charge is 0.163 e. The molecule has 1 aromatic carbocycles. The summed E-state index contributed by atoms with van der Waals surface area (Å²) in [5, 5.41) is 18.8. The lowest BCUT2D eigenvalue weighted by Crippen LogP contribution is -2.07. The van der Waals surface area contributed by atoms with Gasteiger partial charge in [-0.1, -0.05) is 0 Å². The summed E-state index contributed by atoms with van der Waals surface area (Å²) in [5.41, 5.74) is 6.77. The summed E-state index contributed by atoms with van der Waals surface area (Å²) < 4.78 is 5.41. The largest absolute Gasteiger partial charge is 0.504 e. The number of rotatable bonds is 4. The fourth-order valence-electron chi connectivity index (χ4n) is 1.31. The van der Waals surface area contributed by atoms with Gasteiger partial charge in [0.25, 0.3) is 0 Å². The molecule has 1 rings (SSSR count). The van der Waals surface area contributed by atoms with Crippen molar-refractivity contribution in [1.82, 2.24) is 0 Å². The maximum atomic E-state index is 9.73. The summed E-state index contributed by atoms with van der Waals surface area (Å²) in [7, 11) is 0. The zero-order valence-corrected chi connectivity index (χ0v) is 9.03. The molecular formula is C11H17NO3. The summed E-state index contributed by atoms with van der Waals surface area (Å²) >= 11 is 0. The number of ether oxygens (including phenoxy) is 1. The number of nitrogens with two attached hydrogens (primary N) is 1. The molecule has 0 aliphatic rings. The molecule has 15 heavy (non-hydrogen) atoms. The van der Waals surface area contributed by atoms with Crippen LogP contribution in [0.3, 0.4) is 0 Å². The van der Waals surface area contributed by atoms with E-state index in [1.165, 1.54) is 0 Å². The van der Waals surface area contributed by atoms with E-state index in [2.05, 4.69) is 0 Å². The molecule has 4 nitrogen and oxygen atoms in total. The topological polar surface area (TPSA) is 75.7 Å². The van der Waals surface area contributed by atoms with Crippen LogP contribution in [0.2, 0.25) is 0 Å². The molecule has 4 N–H and O–H groups in total. The lowest BCUT2D eigenvalue weighted by Gasteiger charge is -2.14. The minimum Gasteiger partial charge on any atom is -0.504 e. The lowest BCUT2D eigenvalue weighted by atomic mass is 10.1. The van der Waals surface area contributed by atoms with Crippen molar-refractivity contribution >= 4 is 0 Å². The van der Waals surface area contributed by atoms with Crippen LogP contribution in [0.4, 0.5) is 0 Å². The first-order chi connectivity index (χ1) is 7.08. The Kier molecular flexibility index (Phi) is 3.94. The molecule has 0 atom stereocenters. The molecule has 0 heterocycles. The molecular weight excluding hydrogens is 194 g/mol. The molecule has 84 valence electrons. The van der Waals surface area contributed by atoms with Crippen LogP contribution < -0.4 is 10.5 Å². The predicted octanol–water partition coefficient (Wildman–Crippen LogP) is 1.13. The molecule has 0 radical (unpaired) electrons. The molecule has 0 saturated heterocycles. The van der Waals surface area contributed by atoms with E-state index in [1.54, 1.807) is 12.1 Å². The first-order valence-electron chi connectivity index (χ1n) is 4.90. The SMILES string of the molecule is CC(C)Oc1cc(CN)cc(CO)c1O. The number of aliphatic hydroxyl groups is 1. The fraction of sp³-hybridized carbons (Fsp3) is 0.455. The molecule has 0 spiro atoms. The highest BCUT2D eigenvalue weighted by Crippen LogP contribution is 2.32. The van der Waals surface area contributed by atoms with Gasteiger partial charge < -0.3 is 20.7 Å². The van der Waals surface area contributed by atoms with Gasteiger partial charge in [-0.25, -0.2) is 0 Å². The number of aromatic hydroxyl groups is 1. The van der Waals surface area contributed by atoms with Crippen LogP contribution in [0.5, 0.6) is 11.5 Å². The molecule has 0 saturated carbocycles. The second kappa shape index (κ2) is 5.00. The second-order valence-electron chi connectivity index (χ2n) is 3.63. The Bertz CT molecular complexity index is 337. The third kappa shape index (κ3) is 2.84. The number of phenols is 1. The van der Waals surface area contributed by atoms with E-state index in [0.29, 0.717) is 17.9 Å². The Morgan fingerprint density at radius 1 is 1.40 bits per heavy atom. The van der Waals surface area contributed by atoms with Gasteiger partial charge in [-0.05, 0) is 31.5 Å². The van der Waals surface area contributed by atoms with Crippen LogP contribution in [0.15, 0.2) is 12.1 Å². The van der Waals surface area contributed by atoms with Gasteiger partial charge in [-0.3, -0.25) is 0 Å². The molecule has 0 aromatic heterocycles. The van der Waals surface area contributed by atoms with Crippen LogP contribution in [-0.4, -0.2) is 16.3 Å². The van der Waals surface area contributed by atoms with E-state index in [-0.39, 0.29) is 18.5 Å². The molecule has 0 aliphatic heterocycles. The molecule has 4 heteroatoms. The number of aliphatic hydroxyl groups excluding tert-OH is 1. The number of benzene rings is 1. The third-order valence-corrected chi connectivity index (χ3v) is 1.98. The fourth-order valence-corrected chi connectivity index (χ4v) is 1.31. The van der Waals surface area contributed by atoms with Gasteiger partial charge in [0.1, 0.15) is 0 Å². The molecule has 0 aliphatic carbocycles. The van der Waals surface area contributed by atoms with Gasteiger partial charge >= 0.3 is 0 Å². The van der Waals surface area contributed by atoms with Crippen molar-refractivity contribution in [2.75, 3.05) is 0 Å². The van der Waals surface area contributed by atoms with Crippen LogP contribution in [0.1, 0.15) is 25.0 Å².